The first-order chi connectivity index (χ1) is 14.5. The zero-order valence-electron chi connectivity index (χ0n) is 20.1. The van der Waals surface area contributed by atoms with E-state index < -0.39 is 0 Å². The Labute approximate surface area is 191 Å². The van der Waals surface area contributed by atoms with E-state index in [0.29, 0.717) is 5.92 Å². The number of aryl methyl sites for hydroxylation is 1. The van der Waals surface area contributed by atoms with Crippen LogP contribution in [0.2, 0.25) is 0 Å². The Morgan fingerprint density at radius 2 is 1.97 bits per heavy atom. The van der Waals surface area contributed by atoms with Crippen LogP contribution in [0.25, 0.3) is 0 Å². The standard InChI is InChI=1S/C25H38N4OS/c1-16-8-11-20(31-16)23(30)29-21-14-17(12-13-25(21,5)6)18-9-10-19(22(26-7)28-18)27-15-24(2,3)4/h8-11,17,21,27H,12-15H2,1-7H3,(H,26,28)(H,29,30). The molecule has 0 bridgehead atoms. The minimum absolute atomic E-state index is 0.0439. The Morgan fingerprint density at radius 3 is 2.58 bits per heavy atom. The quantitative estimate of drug-likeness (QED) is 0.510. The summed E-state index contributed by atoms with van der Waals surface area (Å²) in [7, 11) is 1.92. The number of hydrogen-bond acceptors (Lipinski definition) is 5. The van der Waals surface area contributed by atoms with E-state index in [1.165, 1.54) is 0 Å². The summed E-state index contributed by atoms with van der Waals surface area (Å²) in [6.45, 7) is 14.1. The van der Waals surface area contributed by atoms with Crippen molar-refractivity contribution in [1.82, 2.24) is 10.3 Å². The molecule has 0 spiro atoms. The molecule has 2 unspecified atom stereocenters. The molecule has 2 aromatic rings. The molecule has 2 aromatic heterocycles. The number of aromatic nitrogens is 1. The minimum atomic E-state index is 0.0439. The van der Waals surface area contributed by atoms with Crippen LogP contribution in [0.15, 0.2) is 24.3 Å². The Morgan fingerprint density at radius 1 is 1.23 bits per heavy atom. The molecule has 170 valence electrons. The maximum absolute atomic E-state index is 12.8. The lowest BCUT2D eigenvalue weighted by Gasteiger charge is -2.42. The molecule has 1 saturated carbocycles. The fourth-order valence-corrected chi connectivity index (χ4v) is 4.92. The van der Waals surface area contributed by atoms with Crippen LogP contribution in [-0.4, -0.2) is 30.5 Å². The molecule has 1 fully saturated rings. The molecule has 2 heterocycles. The topological polar surface area (TPSA) is 66.0 Å². The monoisotopic (exact) mass is 442 g/mol. The summed E-state index contributed by atoms with van der Waals surface area (Å²) < 4.78 is 0. The van der Waals surface area contributed by atoms with Gasteiger partial charge in [0.1, 0.15) is 5.82 Å². The number of pyridine rings is 1. The minimum Gasteiger partial charge on any atom is -0.382 e. The first-order valence-corrected chi connectivity index (χ1v) is 12.1. The van der Waals surface area contributed by atoms with E-state index >= 15 is 0 Å². The van der Waals surface area contributed by atoms with Gasteiger partial charge in [0, 0.05) is 36.1 Å². The number of nitrogens with one attached hydrogen (secondary N) is 3. The molecule has 1 aliphatic rings. The average molecular weight is 443 g/mol. The fourth-order valence-electron chi connectivity index (χ4n) is 4.15. The summed E-state index contributed by atoms with van der Waals surface area (Å²) in [5.74, 6) is 1.27. The van der Waals surface area contributed by atoms with Gasteiger partial charge in [0.05, 0.1) is 10.6 Å². The molecular weight excluding hydrogens is 404 g/mol. The van der Waals surface area contributed by atoms with Gasteiger partial charge in [-0.2, -0.15) is 0 Å². The third-order valence-electron chi connectivity index (χ3n) is 6.25. The van der Waals surface area contributed by atoms with E-state index in [4.69, 9.17) is 4.98 Å². The second kappa shape index (κ2) is 9.19. The van der Waals surface area contributed by atoms with E-state index in [0.717, 1.165) is 52.8 Å². The van der Waals surface area contributed by atoms with Crippen molar-refractivity contribution in [2.24, 2.45) is 10.8 Å². The number of nitrogens with zero attached hydrogens (tertiary/aromatic N) is 1. The van der Waals surface area contributed by atoms with Crippen LogP contribution in [0.5, 0.6) is 0 Å². The van der Waals surface area contributed by atoms with Crippen molar-refractivity contribution in [2.75, 3.05) is 24.2 Å². The van der Waals surface area contributed by atoms with Gasteiger partial charge >= 0.3 is 0 Å². The van der Waals surface area contributed by atoms with Gasteiger partial charge in [0.25, 0.3) is 5.91 Å². The Balaban J connectivity index is 1.74. The molecule has 0 aliphatic heterocycles. The number of amides is 1. The molecule has 3 N–H and O–H groups in total. The highest BCUT2D eigenvalue weighted by molar-refractivity contribution is 7.13. The van der Waals surface area contributed by atoms with Crippen LogP contribution in [0, 0.1) is 17.8 Å². The van der Waals surface area contributed by atoms with Crippen LogP contribution < -0.4 is 16.0 Å². The Kier molecular flexibility index (Phi) is 6.99. The van der Waals surface area contributed by atoms with Crippen LogP contribution in [0.4, 0.5) is 11.5 Å². The molecular formula is C25H38N4OS. The van der Waals surface area contributed by atoms with Crippen molar-refractivity contribution in [3.63, 3.8) is 0 Å². The van der Waals surface area contributed by atoms with Gasteiger partial charge in [-0.3, -0.25) is 4.79 Å². The molecule has 0 aromatic carbocycles. The predicted octanol–water partition coefficient (Wildman–Crippen LogP) is 6.04. The molecule has 6 heteroatoms. The fraction of sp³-hybridized carbons (Fsp3) is 0.600. The lowest BCUT2D eigenvalue weighted by Crippen LogP contribution is -2.48. The lowest BCUT2D eigenvalue weighted by atomic mass is 9.68. The number of carbonyl (C=O) groups excluding carboxylic acids is 1. The Bertz CT molecular complexity index is 912. The van der Waals surface area contributed by atoms with Crippen LogP contribution in [0.1, 0.15) is 80.0 Å². The van der Waals surface area contributed by atoms with Crippen molar-refractivity contribution in [1.29, 1.82) is 0 Å². The molecule has 31 heavy (non-hydrogen) atoms. The molecule has 5 nitrogen and oxygen atoms in total. The molecule has 3 rings (SSSR count). The first-order valence-electron chi connectivity index (χ1n) is 11.3. The lowest BCUT2D eigenvalue weighted by molar-refractivity contribution is 0.0840. The number of hydrogen-bond donors (Lipinski definition) is 3. The third-order valence-corrected chi connectivity index (χ3v) is 7.25. The van der Waals surface area contributed by atoms with Gasteiger partial charge in [-0.15, -0.1) is 11.3 Å². The second-order valence-corrected chi connectivity index (χ2v) is 12.0. The van der Waals surface area contributed by atoms with E-state index in [2.05, 4.69) is 62.7 Å². The van der Waals surface area contributed by atoms with Crippen molar-refractivity contribution < 1.29 is 4.79 Å². The van der Waals surface area contributed by atoms with Gasteiger partial charge in [-0.25, -0.2) is 4.98 Å². The highest BCUT2D eigenvalue weighted by Gasteiger charge is 2.38. The van der Waals surface area contributed by atoms with Crippen LogP contribution >= 0.6 is 11.3 Å². The Hall–Kier alpha value is -2.08. The normalized spacial score (nSPS) is 20.9. The molecule has 0 radical (unpaired) electrons. The van der Waals surface area contributed by atoms with E-state index in [1.54, 1.807) is 11.3 Å². The maximum atomic E-state index is 12.8. The summed E-state index contributed by atoms with van der Waals surface area (Å²) >= 11 is 1.55. The summed E-state index contributed by atoms with van der Waals surface area (Å²) in [4.78, 5) is 19.7. The number of thiophene rings is 1. The van der Waals surface area contributed by atoms with Crippen LogP contribution in [0.3, 0.4) is 0 Å². The van der Waals surface area contributed by atoms with Crippen molar-refractivity contribution in [2.45, 2.75) is 72.8 Å². The van der Waals surface area contributed by atoms with Gasteiger partial charge in [-0.1, -0.05) is 34.6 Å². The largest absolute Gasteiger partial charge is 0.382 e. The third kappa shape index (κ3) is 6.00. The van der Waals surface area contributed by atoms with Crippen molar-refractivity contribution in [3.05, 3.63) is 39.7 Å². The van der Waals surface area contributed by atoms with Gasteiger partial charge in [0.15, 0.2) is 0 Å². The highest BCUT2D eigenvalue weighted by atomic mass is 32.1. The second-order valence-electron chi connectivity index (χ2n) is 10.7. The number of rotatable bonds is 6. The van der Waals surface area contributed by atoms with Gasteiger partial charge in [-0.05, 0) is 61.3 Å². The van der Waals surface area contributed by atoms with Gasteiger partial charge in [0.2, 0.25) is 0 Å². The first kappa shape index (κ1) is 23.6. The molecule has 1 aliphatic carbocycles. The smallest absolute Gasteiger partial charge is 0.261 e. The van der Waals surface area contributed by atoms with E-state index in [9.17, 15) is 4.79 Å². The number of anilines is 2. The van der Waals surface area contributed by atoms with E-state index in [-0.39, 0.29) is 22.8 Å². The predicted molar refractivity (Wildman–Crippen MR) is 132 cm³/mol. The maximum Gasteiger partial charge on any atom is 0.261 e. The van der Waals surface area contributed by atoms with Crippen molar-refractivity contribution >= 4 is 28.7 Å². The highest BCUT2D eigenvalue weighted by Crippen LogP contribution is 2.43. The van der Waals surface area contributed by atoms with Crippen LogP contribution in [-0.2, 0) is 0 Å². The van der Waals surface area contributed by atoms with Crippen molar-refractivity contribution in [3.8, 4) is 0 Å². The SMILES string of the molecule is CNc1nc(C2CCC(C)(C)C(NC(=O)c3ccc(C)s3)C2)ccc1NCC(C)(C)C. The summed E-state index contributed by atoms with van der Waals surface area (Å²) in [6.07, 6.45) is 3.06. The molecule has 1 amide bonds. The average Bonchev–Trinajstić information content (AvgIpc) is 3.13. The molecule has 0 saturated heterocycles. The zero-order chi connectivity index (χ0) is 22.8. The number of carbonyl (C=O) groups is 1. The summed E-state index contributed by atoms with van der Waals surface area (Å²) in [5, 5.41) is 10.1. The zero-order valence-corrected chi connectivity index (χ0v) is 20.9. The summed E-state index contributed by atoms with van der Waals surface area (Å²) in [6, 6.07) is 8.34. The molecule has 2 atom stereocenters. The van der Waals surface area contributed by atoms with E-state index in [1.807, 2.05) is 26.1 Å². The van der Waals surface area contributed by atoms with Gasteiger partial charge < -0.3 is 16.0 Å². The summed E-state index contributed by atoms with van der Waals surface area (Å²) in [5.41, 5.74) is 2.41.